The first-order valence-electron chi connectivity index (χ1n) is 4.61. The summed E-state index contributed by atoms with van der Waals surface area (Å²) in [6.45, 7) is 1.38. The fraction of sp³-hybridized carbons (Fsp3) is 0.182. The monoisotopic (exact) mass is 188 g/mol. The molecule has 1 aliphatic rings. The van der Waals surface area contributed by atoms with E-state index < -0.39 is 0 Å². The summed E-state index contributed by atoms with van der Waals surface area (Å²) in [7, 11) is 0. The molecule has 1 aromatic carbocycles. The number of amides is 1. The Hall–Kier alpha value is -1.77. The molecule has 0 fully saturated rings. The molecule has 1 aliphatic heterocycles. The number of carbonyl (C=O) groups excluding carboxylic acids is 1. The molecule has 0 atom stereocenters. The normalized spacial score (nSPS) is 14.9. The van der Waals surface area contributed by atoms with Crippen molar-refractivity contribution in [1.29, 1.82) is 0 Å². The van der Waals surface area contributed by atoms with E-state index in [1.54, 1.807) is 6.08 Å². The molecule has 0 radical (unpaired) electrons. The molecule has 1 amide bonds. The molecular formula is C11H12N2O. The Kier molecular flexibility index (Phi) is 2.49. The van der Waals surface area contributed by atoms with E-state index in [2.05, 4.69) is 22.8 Å². The van der Waals surface area contributed by atoms with Gasteiger partial charge in [0.05, 0.1) is 6.54 Å². The van der Waals surface area contributed by atoms with Gasteiger partial charge in [0, 0.05) is 18.3 Å². The van der Waals surface area contributed by atoms with Crippen LogP contribution in [0.15, 0.2) is 42.1 Å². The van der Waals surface area contributed by atoms with Gasteiger partial charge >= 0.3 is 0 Å². The summed E-state index contributed by atoms with van der Waals surface area (Å²) in [6, 6.07) is 10.1. The molecule has 1 aromatic rings. The van der Waals surface area contributed by atoms with Crippen LogP contribution in [0.5, 0.6) is 0 Å². The maximum atomic E-state index is 10.8. The Morgan fingerprint density at radius 3 is 2.71 bits per heavy atom. The number of benzene rings is 1. The lowest BCUT2D eigenvalue weighted by atomic mass is 10.2. The molecule has 3 heteroatoms. The standard InChI is InChI=1S/C11H12N2O/c14-11-6-10(8-13-11)12-7-9-4-2-1-3-5-9/h1-6,12H,7-8H2,(H,13,14). The number of carbonyl (C=O) groups is 1. The van der Waals surface area contributed by atoms with Crippen molar-refractivity contribution in [1.82, 2.24) is 10.6 Å². The number of hydrogen-bond acceptors (Lipinski definition) is 2. The summed E-state index contributed by atoms with van der Waals surface area (Å²) >= 11 is 0. The van der Waals surface area contributed by atoms with Crippen molar-refractivity contribution in [3.8, 4) is 0 Å². The van der Waals surface area contributed by atoms with Crippen molar-refractivity contribution in [3.05, 3.63) is 47.7 Å². The topological polar surface area (TPSA) is 41.1 Å². The number of rotatable bonds is 3. The molecule has 0 saturated heterocycles. The summed E-state index contributed by atoms with van der Waals surface area (Å²) in [6.07, 6.45) is 1.60. The van der Waals surface area contributed by atoms with Gasteiger partial charge in [0.15, 0.2) is 0 Å². The van der Waals surface area contributed by atoms with Gasteiger partial charge in [0.25, 0.3) is 0 Å². The molecule has 72 valence electrons. The van der Waals surface area contributed by atoms with Crippen LogP contribution in [0.4, 0.5) is 0 Å². The summed E-state index contributed by atoms with van der Waals surface area (Å²) in [5.41, 5.74) is 2.17. The first-order chi connectivity index (χ1) is 6.84. The summed E-state index contributed by atoms with van der Waals surface area (Å²) in [5, 5.41) is 5.92. The van der Waals surface area contributed by atoms with E-state index in [1.165, 1.54) is 5.56 Å². The van der Waals surface area contributed by atoms with E-state index >= 15 is 0 Å². The zero-order valence-corrected chi connectivity index (χ0v) is 7.79. The van der Waals surface area contributed by atoms with Gasteiger partial charge in [-0.05, 0) is 5.56 Å². The quantitative estimate of drug-likeness (QED) is 0.736. The van der Waals surface area contributed by atoms with Crippen molar-refractivity contribution in [2.24, 2.45) is 0 Å². The van der Waals surface area contributed by atoms with Gasteiger partial charge in [-0.15, -0.1) is 0 Å². The van der Waals surface area contributed by atoms with Gasteiger partial charge in [0.1, 0.15) is 0 Å². The molecule has 0 aromatic heterocycles. The highest BCUT2D eigenvalue weighted by Gasteiger charge is 2.09. The fourth-order valence-corrected chi connectivity index (χ4v) is 1.37. The van der Waals surface area contributed by atoms with Crippen molar-refractivity contribution < 1.29 is 4.79 Å². The van der Waals surface area contributed by atoms with Gasteiger partial charge in [-0.25, -0.2) is 0 Å². The summed E-state index contributed by atoms with van der Waals surface area (Å²) < 4.78 is 0. The van der Waals surface area contributed by atoms with Crippen molar-refractivity contribution in [2.45, 2.75) is 6.54 Å². The Morgan fingerprint density at radius 1 is 1.29 bits per heavy atom. The van der Waals surface area contributed by atoms with Crippen LogP contribution in [-0.4, -0.2) is 12.5 Å². The predicted molar refractivity (Wildman–Crippen MR) is 54.4 cm³/mol. The maximum Gasteiger partial charge on any atom is 0.246 e. The van der Waals surface area contributed by atoms with E-state index in [1.807, 2.05) is 18.2 Å². The minimum atomic E-state index is -0.0134. The Labute approximate surface area is 82.8 Å². The van der Waals surface area contributed by atoms with Crippen molar-refractivity contribution in [3.63, 3.8) is 0 Å². The smallest absolute Gasteiger partial charge is 0.246 e. The average Bonchev–Trinajstić information content (AvgIpc) is 2.63. The predicted octanol–water partition coefficient (Wildman–Crippen LogP) is 0.790. The second-order valence-electron chi connectivity index (χ2n) is 3.23. The highest BCUT2D eigenvalue weighted by Crippen LogP contribution is 2.01. The minimum absolute atomic E-state index is 0.0134. The zero-order valence-electron chi connectivity index (χ0n) is 7.79. The molecular weight excluding hydrogens is 176 g/mol. The molecule has 3 nitrogen and oxygen atoms in total. The first kappa shape index (κ1) is 8.81. The largest absolute Gasteiger partial charge is 0.383 e. The van der Waals surface area contributed by atoms with Gasteiger partial charge in [-0.2, -0.15) is 0 Å². The zero-order chi connectivity index (χ0) is 9.80. The van der Waals surface area contributed by atoms with Gasteiger partial charge in [-0.1, -0.05) is 30.3 Å². The Bertz CT molecular complexity index is 357. The number of nitrogens with one attached hydrogen (secondary N) is 2. The van der Waals surface area contributed by atoms with Crippen molar-refractivity contribution in [2.75, 3.05) is 6.54 Å². The van der Waals surface area contributed by atoms with Crippen LogP contribution in [0.3, 0.4) is 0 Å². The van der Waals surface area contributed by atoms with Gasteiger partial charge in [0.2, 0.25) is 5.91 Å². The van der Waals surface area contributed by atoms with Crippen LogP contribution in [0.1, 0.15) is 5.56 Å². The fourth-order valence-electron chi connectivity index (χ4n) is 1.37. The highest BCUT2D eigenvalue weighted by molar-refractivity contribution is 5.90. The number of hydrogen-bond donors (Lipinski definition) is 2. The summed E-state index contributed by atoms with van der Waals surface area (Å²) in [5.74, 6) is -0.0134. The van der Waals surface area contributed by atoms with Crippen LogP contribution in [0, 0.1) is 0 Å². The maximum absolute atomic E-state index is 10.8. The van der Waals surface area contributed by atoms with Crippen LogP contribution in [0.25, 0.3) is 0 Å². The second kappa shape index (κ2) is 3.96. The van der Waals surface area contributed by atoms with E-state index in [0.29, 0.717) is 6.54 Å². The third-order valence-corrected chi connectivity index (χ3v) is 2.12. The third kappa shape index (κ3) is 2.13. The van der Waals surface area contributed by atoms with E-state index in [0.717, 1.165) is 12.2 Å². The average molecular weight is 188 g/mol. The van der Waals surface area contributed by atoms with E-state index in [4.69, 9.17) is 0 Å². The Morgan fingerprint density at radius 2 is 2.07 bits per heavy atom. The molecule has 0 bridgehead atoms. The molecule has 0 aliphatic carbocycles. The first-order valence-corrected chi connectivity index (χ1v) is 4.61. The molecule has 0 unspecified atom stereocenters. The van der Waals surface area contributed by atoms with E-state index in [9.17, 15) is 4.79 Å². The minimum Gasteiger partial charge on any atom is -0.383 e. The third-order valence-electron chi connectivity index (χ3n) is 2.12. The van der Waals surface area contributed by atoms with Gasteiger partial charge < -0.3 is 10.6 Å². The molecule has 2 rings (SSSR count). The SMILES string of the molecule is O=C1C=C(NCc2ccccc2)CN1. The van der Waals surface area contributed by atoms with Crippen LogP contribution in [-0.2, 0) is 11.3 Å². The molecule has 1 heterocycles. The lowest BCUT2D eigenvalue weighted by molar-refractivity contribution is -0.115. The lowest BCUT2D eigenvalue weighted by Gasteiger charge is -2.05. The van der Waals surface area contributed by atoms with Crippen LogP contribution >= 0.6 is 0 Å². The van der Waals surface area contributed by atoms with Gasteiger partial charge in [-0.3, -0.25) is 4.79 Å². The van der Waals surface area contributed by atoms with Crippen molar-refractivity contribution >= 4 is 5.91 Å². The summed E-state index contributed by atoms with van der Waals surface area (Å²) in [4.78, 5) is 10.8. The molecule has 14 heavy (non-hydrogen) atoms. The highest BCUT2D eigenvalue weighted by atomic mass is 16.1. The Balaban J connectivity index is 1.89. The second-order valence-corrected chi connectivity index (χ2v) is 3.23. The molecule has 0 saturated carbocycles. The molecule has 0 spiro atoms. The van der Waals surface area contributed by atoms with Crippen LogP contribution < -0.4 is 10.6 Å². The molecule has 2 N–H and O–H groups in total. The van der Waals surface area contributed by atoms with Crippen LogP contribution in [0.2, 0.25) is 0 Å². The lowest BCUT2D eigenvalue weighted by Crippen LogP contribution is -2.20. The van der Waals surface area contributed by atoms with E-state index in [-0.39, 0.29) is 5.91 Å².